The van der Waals surface area contributed by atoms with Crippen LogP contribution in [0.25, 0.3) is 22.3 Å². The van der Waals surface area contributed by atoms with Crippen LogP contribution < -0.4 is 15.1 Å². The molecule has 0 saturated carbocycles. The molecule has 1 N–H and O–H groups in total. The Labute approximate surface area is 175 Å². The van der Waals surface area contributed by atoms with E-state index in [0.29, 0.717) is 5.56 Å². The molecule has 0 unspecified atom stereocenters. The largest absolute Gasteiger partial charge is 0.497 e. The van der Waals surface area contributed by atoms with Crippen molar-refractivity contribution in [1.29, 1.82) is 0 Å². The Morgan fingerprint density at radius 2 is 1.70 bits per heavy atom. The molecule has 1 aromatic heterocycles. The van der Waals surface area contributed by atoms with Gasteiger partial charge < -0.3 is 9.15 Å². The van der Waals surface area contributed by atoms with E-state index in [1.807, 2.05) is 60.7 Å². The number of nitrogens with one attached hydrogen (secondary N) is 1. The van der Waals surface area contributed by atoms with Crippen molar-refractivity contribution in [3.05, 3.63) is 89.3 Å². The first kappa shape index (κ1) is 19.6. The molecule has 0 amide bonds. The Bertz CT molecular complexity index is 1270. The Balaban J connectivity index is 1.91. The molecule has 0 aliphatic carbocycles. The van der Waals surface area contributed by atoms with Gasteiger partial charge in [-0.05, 0) is 67.4 Å². The van der Waals surface area contributed by atoms with Gasteiger partial charge in [-0.15, -0.1) is 0 Å². The molecule has 0 saturated heterocycles. The van der Waals surface area contributed by atoms with Gasteiger partial charge in [0, 0.05) is 23.3 Å². The monoisotopic (exact) mass is 398 g/mol. The minimum absolute atomic E-state index is 0.0555. The topological polar surface area (TPSA) is 53.4 Å². The van der Waals surface area contributed by atoms with Crippen LogP contribution in [0.4, 0.5) is 5.69 Å². The molecule has 0 spiro atoms. The number of ether oxygens (including phenoxy) is 1. The molecule has 0 fully saturated rings. The first-order valence-electron chi connectivity index (χ1n) is 9.99. The number of rotatable bonds is 5. The highest BCUT2D eigenvalue weighted by molar-refractivity contribution is 5.94. The molecule has 1 heterocycles. The minimum Gasteiger partial charge on any atom is -0.497 e. The van der Waals surface area contributed by atoms with Gasteiger partial charge in [-0.3, -0.25) is 4.79 Å². The summed E-state index contributed by atoms with van der Waals surface area (Å²) in [6.07, 6.45) is 0.947. The zero-order valence-electron chi connectivity index (χ0n) is 17.4. The van der Waals surface area contributed by atoms with E-state index >= 15 is 0 Å². The molecular weight excluding hydrogens is 374 g/mol. The van der Waals surface area contributed by atoms with E-state index in [9.17, 15) is 4.79 Å². The lowest BCUT2D eigenvalue weighted by atomic mass is 10.1. The van der Waals surface area contributed by atoms with Crippen LogP contribution in [0.3, 0.4) is 0 Å². The number of Topliss-reactive ketones (excluding diaryl/α,β-unsaturated/α-hetero) is 1. The van der Waals surface area contributed by atoms with Crippen LogP contribution in [-0.4, -0.2) is 12.9 Å². The van der Waals surface area contributed by atoms with Gasteiger partial charge >= 0.3 is 0 Å². The second kappa shape index (κ2) is 8.37. The van der Waals surface area contributed by atoms with Crippen LogP contribution in [0.1, 0.15) is 29.8 Å². The summed E-state index contributed by atoms with van der Waals surface area (Å²) in [5.74, 6) is 1.62. The number of carbonyl (C=O) groups excluding carboxylic acids is 1. The summed E-state index contributed by atoms with van der Waals surface area (Å²) in [7, 11) is 1.65. The van der Waals surface area contributed by atoms with Crippen molar-refractivity contribution < 1.29 is 18.9 Å². The van der Waals surface area contributed by atoms with Crippen molar-refractivity contribution >= 4 is 22.4 Å². The van der Waals surface area contributed by atoms with E-state index in [4.69, 9.17) is 9.15 Å². The third-order valence-electron chi connectivity index (χ3n) is 5.18. The van der Waals surface area contributed by atoms with Crippen molar-refractivity contribution in [2.75, 3.05) is 7.11 Å². The number of methoxy groups -OCH3 is 1. The van der Waals surface area contributed by atoms with E-state index in [-0.39, 0.29) is 5.78 Å². The first-order chi connectivity index (χ1) is 14.6. The van der Waals surface area contributed by atoms with Crippen LogP contribution >= 0.6 is 0 Å². The fourth-order valence-corrected chi connectivity index (χ4v) is 3.40. The second-order valence-corrected chi connectivity index (χ2v) is 7.20. The zero-order chi connectivity index (χ0) is 21.1. The van der Waals surface area contributed by atoms with Gasteiger partial charge in [0.05, 0.1) is 18.6 Å². The average molecular weight is 398 g/mol. The van der Waals surface area contributed by atoms with Crippen molar-refractivity contribution in [3.8, 4) is 17.1 Å². The third-order valence-corrected chi connectivity index (χ3v) is 5.18. The van der Waals surface area contributed by atoms with E-state index in [0.717, 1.165) is 45.5 Å². The quantitative estimate of drug-likeness (QED) is 0.513. The van der Waals surface area contributed by atoms with Crippen LogP contribution in [0.15, 0.2) is 77.2 Å². The minimum atomic E-state index is 0.0555. The highest BCUT2D eigenvalue weighted by Gasteiger charge is 2.11. The molecule has 0 bridgehead atoms. The van der Waals surface area contributed by atoms with E-state index in [1.165, 1.54) is 5.56 Å². The van der Waals surface area contributed by atoms with Gasteiger partial charge in [-0.25, -0.2) is 4.99 Å². The second-order valence-electron chi connectivity index (χ2n) is 7.20. The summed E-state index contributed by atoms with van der Waals surface area (Å²) in [6, 6.07) is 23.6. The molecule has 0 atom stereocenters. The molecule has 4 heteroatoms. The SMILES string of the molecule is CCc1ccc2oc(-c3ccc(OC)cc3)cc(=[NH+]c3ccc(C(C)=O)cc3)c2c1. The number of ketones is 1. The molecule has 4 aromatic rings. The lowest BCUT2D eigenvalue weighted by Crippen LogP contribution is -2.70. The predicted molar refractivity (Wildman–Crippen MR) is 118 cm³/mol. The maximum absolute atomic E-state index is 11.6. The van der Waals surface area contributed by atoms with Crippen molar-refractivity contribution in [1.82, 2.24) is 0 Å². The van der Waals surface area contributed by atoms with Gasteiger partial charge in [0.2, 0.25) is 11.0 Å². The molecule has 4 rings (SSSR count). The summed E-state index contributed by atoms with van der Waals surface area (Å²) in [5, 5.41) is 1.97. The van der Waals surface area contributed by atoms with Crippen LogP contribution in [0.2, 0.25) is 0 Å². The van der Waals surface area contributed by atoms with Crippen LogP contribution in [0, 0.1) is 0 Å². The van der Waals surface area contributed by atoms with Gasteiger partial charge in [-0.2, -0.15) is 0 Å². The Morgan fingerprint density at radius 1 is 0.967 bits per heavy atom. The fraction of sp³-hybridized carbons (Fsp3) is 0.154. The molecule has 4 nitrogen and oxygen atoms in total. The third kappa shape index (κ3) is 4.03. The summed E-state index contributed by atoms with van der Waals surface area (Å²) >= 11 is 0. The van der Waals surface area contributed by atoms with E-state index in [1.54, 1.807) is 14.0 Å². The summed E-state index contributed by atoms with van der Waals surface area (Å²) < 4.78 is 11.5. The smallest absolute Gasteiger partial charge is 0.218 e. The lowest BCUT2D eigenvalue weighted by molar-refractivity contribution is -0.400. The maximum atomic E-state index is 11.6. The van der Waals surface area contributed by atoms with Gasteiger partial charge in [0.1, 0.15) is 17.1 Å². The molecule has 3 aromatic carbocycles. The number of benzene rings is 3. The number of hydrogen-bond donors (Lipinski definition) is 1. The number of aryl methyl sites for hydroxylation is 1. The molecule has 0 aliphatic rings. The summed E-state index contributed by atoms with van der Waals surface area (Å²) in [6.45, 7) is 3.71. The molecule has 0 aliphatic heterocycles. The average Bonchev–Trinajstić information content (AvgIpc) is 2.79. The molecule has 30 heavy (non-hydrogen) atoms. The van der Waals surface area contributed by atoms with Crippen LogP contribution in [0.5, 0.6) is 5.75 Å². The predicted octanol–water partition coefficient (Wildman–Crippen LogP) is 4.19. The van der Waals surface area contributed by atoms with Crippen molar-refractivity contribution in [2.24, 2.45) is 0 Å². The molecule has 150 valence electrons. The number of hydrogen-bond acceptors (Lipinski definition) is 3. The molecule has 0 radical (unpaired) electrons. The van der Waals surface area contributed by atoms with Gasteiger partial charge in [-0.1, -0.05) is 13.0 Å². The number of carbonyl (C=O) groups is 1. The van der Waals surface area contributed by atoms with Crippen LogP contribution in [-0.2, 0) is 6.42 Å². The van der Waals surface area contributed by atoms with Gasteiger partial charge in [0.25, 0.3) is 0 Å². The highest BCUT2D eigenvalue weighted by Crippen LogP contribution is 2.24. The summed E-state index contributed by atoms with van der Waals surface area (Å²) in [4.78, 5) is 15.1. The normalized spacial score (nSPS) is 11.6. The Kier molecular flexibility index (Phi) is 5.48. The van der Waals surface area contributed by atoms with Crippen molar-refractivity contribution in [3.63, 3.8) is 0 Å². The molecular formula is C26H24NO3+. The van der Waals surface area contributed by atoms with Gasteiger partial charge in [0.15, 0.2) is 5.78 Å². The first-order valence-corrected chi connectivity index (χ1v) is 9.99. The summed E-state index contributed by atoms with van der Waals surface area (Å²) in [5.41, 5.74) is 4.62. The van der Waals surface area contributed by atoms with E-state index < -0.39 is 0 Å². The Morgan fingerprint density at radius 3 is 2.33 bits per heavy atom. The fourth-order valence-electron chi connectivity index (χ4n) is 3.40. The standard InChI is InChI=1S/C26H23NO3/c1-4-18-5-14-25-23(15-18)24(27-21-10-6-19(7-11-21)17(2)28)16-26(30-25)20-8-12-22(29-3)13-9-20/h5-16H,4H2,1-3H3/p+1. The van der Waals surface area contributed by atoms with Crippen molar-refractivity contribution in [2.45, 2.75) is 20.3 Å². The Hall–Kier alpha value is -3.66. The zero-order valence-corrected chi connectivity index (χ0v) is 17.4. The number of fused-ring (bicyclic) bond motifs is 1. The maximum Gasteiger partial charge on any atom is 0.218 e. The highest BCUT2D eigenvalue weighted by atomic mass is 16.5. The lowest BCUT2D eigenvalue weighted by Gasteiger charge is -2.06. The van der Waals surface area contributed by atoms with E-state index in [2.05, 4.69) is 24.0 Å².